The summed E-state index contributed by atoms with van der Waals surface area (Å²) in [5.41, 5.74) is 8.80. The van der Waals surface area contributed by atoms with Crippen molar-refractivity contribution in [3.8, 4) is 5.75 Å². The predicted molar refractivity (Wildman–Crippen MR) is 116 cm³/mol. The highest BCUT2D eigenvalue weighted by molar-refractivity contribution is 5.94. The number of ether oxygens (including phenoxy) is 2. The second-order valence-electron chi connectivity index (χ2n) is 7.67. The molecule has 0 spiro atoms. The molecule has 2 aromatic carbocycles. The summed E-state index contributed by atoms with van der Waals surface area (Å²) in [4.78, 5) is 12.7. The van der Waals surface area contributed by atoms with Gasteiger partial charge < -0.3 is 20.5 Å². The van der Waals surface area contributed by atoms with Gasteiger partial charge in [-0.1, -0.05) is 30.3 Å². The summed E-state index contributed by atoms with van der Waals surface area (Å²) in [6.45, 7) is 4.54. The van der Waals surface area contributed by atoms with E-state index in [4.69, 9.17) is 20.6 Å². The van der Waals surface area contributed by atoms with Crippen LogP contribution in [0.25, 0.3) is 0 Å². The number of benzene rings is 2. The number of nitrogens with two attached hydrogens (primary N) is 1. The average Bonchev–Trinajstić information content (AvgIpc) is 2.66. The molecule has 0 bridgehead atoms. The summed E-state index contributed by atoms with van der Waals surface area (Å²) < 4.78 is 11.5. The lowest BCUT2D eigenvalue weighted by molar-refractivity contribution is -0.131. The molecule has 29 heavy (non-hydrogen) atoms. The van der Waals surface area contributed by atoms with E-state index in [1.54, 1.807) is 12.1 Å². The first-order valence-electron chi connectivity index (χ1n) is 9.35. The van der Waals surface area contributed by atoms with Crippen molar-refractivity contribution in [3.63, 3.8) is 0 Å². The molecule has 0 radical (unpaired) electrons. The number of methoxy groups -OCH3 is 1. The minimum atomic E-state index is -0.684. The molecule has 1 aliphatic heterocycles. The average molecular weight is 418 g/mol. The minimum Gasteiger partial charge on any atom is -0.488 e. The standard InChI is InChI=1S/C22H27N3O3.ClH/c1-22(2)11-10-16-12-17(8-9-18(16)28-22)19(27-3)21(26)25-13-14-4-6-15(7-5-14)20(23)24;/h4-9,12,19H,10-11,13H2,1-3H3,(H3,23,24)(H,25,26);1H/t19-;/m0./s1. The Kier molecular flexibility index (Phi) is 7.27. The maximum atomic E-state index is 12.7. The molecule has 0 aliphatic carbocycles. The molecule has 1 amide bonds. The van der Waals surface area contributed by atoms with Gasteiger partial charge in [0.2, 0.25) is 0 Å². The Morgan fingerprint density at radius 2 is 1.97 bits per heavy atom. The second kappa shape index (κ2) is 9.29. The summed E-state index contributed by atoms with van der Waals surface area (Å²) in [6, 6.07) is 13.0. The quantitative estimate of drug-likeness (QED) is 0.495. The Morgan fingerprint density at radius 3 is 2.59 bits per heavy atom. The van der Waals surface area contributed by atoms with E-state index in [-0.39, 0.29) is 29.8 Å². The zero-order chi connectivity index (χ0) is 20.3. The van der Waals surface area contributed by atoms with Crippen LogP contribution in [0.15, 0.2) is 42.5 Å². The maximum absolute atomic E-state index is 12.7. The smallest absolute Gasteiger partial charge is 0.254 e. The molecule has 1 heterocycles. The van der Waals surface area contributed by atoms with Gasteiger partial charge in [0, 0.05) is 19.2 Å². The molecule has 6 nitrogen and oxygen atoms in total. The third-order valence-corrected chi connectivity index (χ3v) is 4.98. The fourth-order valence-corrected chi connectivity index (χ4v) is 3.32. The van der Waals surface area contributed by atoms with Crippen LogP contribution in [0.2, 0.25) is 0 Å². The summed E-state index contributed by atoms with van der Waals surface area (Å²) >= 11 is 0. The van der Waals surface area contributed by atoms with E-state index >= 15 is 0 Å². The van der Waals surface area contributed by atoms with Gasteiger partial charge in [0.15, 0.2) is 6.10 Å². The lowest BCUT2D eigenvalue weighted by Crippen LogP contribution is -2.33. The molecule has 0 unspecified atom stereocenters. The molecule has 2 aromatic rings. The normalized spacial score (nSPS) is 15.3. The van der Waals surface area contributed by atoms with Crippen LogP contribution in [0.5, 0.6) is 5.75 Å². The molecule has 0 fully saturated rings. The summed E-state index contributed by atoms with van der Waals surface area (Å²) in [6.07, 6.45) is 1.16. The number of carbonyl (C=O) groups excluding carboxylic acids is 1. The van der Waals surface area contributed by atoms with E-state index in [0.29, 0.717) is 12.1 Å². The number of rotatable bonds is 6. The monoisotopic (exact) mass is 417 g/mol. The molecular weight excluding hydrogens is 390 g/mol. The molecule has 156 valence electrons. The Bertz CT molecular complexity index is 881. The largest absolute Gasteiger partial charge is 0.488 e. The zero-order valence-electron chi connectivity index (χ0n) is 17.0. The number of nitrogen functional groups attached to an aromatic ring is 1. The number of nitrogens with one attached hydrogen (secondary N) is 2. The first-order chi connectivity index (χ1) is 13.3. The summed E-state index contributed by atoms with van der Waals surface area (Å²) in [5.74, 6) is 0.700. The van der Waals surface area contributed by atoms with Gasteiger partial charge in [0.25, 0.3) is 5.91 Å². The van der Waals surface area contributed by atoms with Crippen LogP contribution in [0, 0.1) is 5.41 Å². The summed E-state index contributed by atoms with van der Waals surface area (Å²) in [5, 5.41) is 10.3. The van der Waals surface area contributed by atoms with Gasteiger partial charge in [0.05, 0.1) is 0 Å². The van der Waals surface area contributed by atoms with E-state index in [1.807, 2.05) is 30.3 Å². The van der Waals surface area contributed by atoms with Crippen molar-refractivity contribution in [3.05, 3.63) is 64.7 Å². The number of aryl methyl sites for hydroxylation is 1. The second-order valence-corrected chi connectivity index (χ2v) is 7.67. The zero-order valence-corrected chi connectivity index (χ0v) is 17.8. The summed E-state index contributed by atoms with van der Waals surface area (Å²) in [7, 11) is 1.53. The van der Waals surface area contributed by atoms with Crippen molar-refractivity contribution in [2.45, 2.75) is 44.9 Å². The van der Waals surface area contributed by atoms with Crippen LogP contribution in [0.3, 0.4) is 0 Å². The van der Waals surface area contributed by atoms with Gasteiger partial charge in [-0.3, -0.25) is 10.2 Å². The molecule has 0 saturated carbocycles. The molecular formula is C22H28ClN3O3. The molecule has 7 heteroatoms. The van der Waals surface area contributed by atoms with Crippen LogP contribution in [-0.4, -0.2) is 24.5 Å². The fourth-order valence-electron chi connectivity index (χ4n) is 3.32. The molecule has 1 atom stereocenters. The Hall–Kier alpha value is -2.57. The van der Waals surface area contributed by atoms with Crippen LogP contribution < -0.4 is 15.8 Å². The van der Waals surface area contributed by atoms with E-state index in [9.17, 15) is 4.79 Å². The van der Waals surface area contributed by atoms with Gasteiger partial charge in [-0.05, 0) is 55.5 Å². The third kappa shape index (κ3) is 5.49. The molecule has 4 N–H and O–H groups in total. The van der Waals surface area contributed by atoms with Gasteiger partial charge in [0.1, 0.15) is 17.2 Å². The number of carbonyl (C=O) groups is 1. The van der Waals surface area contributed by atoms with E-state index in [1.165, 1.54) is 7.11 Å². The number of hydrogen-bond acceptors (Lipinski definition) is 4. The molecule has 1 aliphatic rings. The highest BCUT2D eigenvalue weighted by Crippen LogP contribution is 2.35. The van der Waals surface area contributed by atoms with Gasteiger partial charge in [-0.2, -0.15) is 0 Å². The first-order valence-corrected chi connectivity index (χ1v) is 9.35. The van der Waals surface area contributed by atoms with Crippen molar-refractivity contribution in [1.82, 2.24) is 5.32 Å². The number of fused-ring (bicyclic) bond motifs is 1. The number of amides is 1. The van der Waals surface area contributed by atoms with Crippen LogP contribution in [0.1, 0.15) is 48.6 Å². The number of hydrogen-bond donors (Lipinski definition) is 3. The number of halogens is 1. The molecule has 3 rings (SSSR count). The Morgan fingerprint density at radius 1 is 1.28 bits per heavy atom. The maximum Gasteiger partial charge on any atom is 0.254 e. The van der Waals surface area contributed by atoms with Crippen molar-refractivity contribution in [2.75, 3.05) is 7.11 Å². The first kappa shape index (κ1) is 22.7. The van der Waals surface area contributed by atoms with Gasteiger partial charge in [-0.15, -0.1) is 12.4 Å². The highest BCUT2D eigenvalue weighted by Gasteiger charge is 2.28. The molecule has 0 aromatic heterocycles. The van der Waals surface area contributed by atoms with Crippen molar-refractivity contribution in [2.24, 2.45) is 5.73 Å². The van der Waals surface area contributed by atoms with Crippen LogP contribution in [0.4, 0.5) is 0 Å². The fraction of sp³-hybridized carbons (Fsp3) is 0.364. The lowest BCUT2D eigenvalue weighted by Gasteiger charge is -2.33. The minimum absolute atomic E-state index is 0. The van der Waals surface area contributed by atoms with Crippen LogP contribution in [-0.2, 0) is 22.5 Å². The Balaban J connectivity index is 0.00000300. The Labute approximate surface area is 177 Å². The van der Waals surface area contributed by atoms with Crippen LogP contribution >= 0.6 is 12.4 Å². The van der Waals surface area contributed by atoms with E-state index in [0.717, 1.165) is 35.3 Å². The predicted octanol–water partition coefficient (Wildman–Crippen LogP) is 3.50. The van der Waals surface area contributed by atoms with Gasteiger partial charge >= 0.3 is 0 Å². The van der Waals surface area contributed by atoms with Crippen molar-refractivity contribution >= 4 is 24.1 Å². The van der Waals surface area contributed by atoms with Crippen molar-refractivity contribution < 1.29 is 14.3 Å². The van der Waals surface area contributed by atoms with Crippen molar-refractivity contribution in [1.29, 1.82) is 5.41 Å². The third-order valence-electron chi connectivity index (χ3n) is 4.98. The van der Waals surface area contributed by atoms with E-state index in [2.05, 4.69) is 19.2 Å². The van der Waals surface area contributed by atoms with Gasteiger partial charge in [-0.25, -0.2) is 0 Å². The highest BCUT2D eigenvalue weighted by atomic mass is 35.5. The molecule has 0 saturated heterocycles. The lowest BCUT2D eigenvalue weighted by atomic mass is 9.92. The number of amidine groups is 1. The topological polar surface area (TPSA) is 97.4 Å². The SMILES string of the molecule is CO[C@H](C(=O)NCc1ccc(C(=N)N)cc1)c1ccc2c(c1)CCC(C)(C)O2.Cl. The van der Waals surface area contributed by atoms with E-state index < -0.39 is 6.10 Å².